The van der Waals surface area contributed by atoms with Crippen molar-refractivity contribution in [2.75, 3.05) is 11.9 Å². The lowest BCUT2D eigenvalue weighted by atomic mass is 10.2. The third-order valence-electron chi connectivity index (χ3n) is 3.46. The van der Waals surface area contributed by atoms with E-state index >= 15 is 0 Å². The number of benzene rings is 2. The lowest BCUT2D eigenvalue weighted by Crippen LogP contribution is -2.11. The van der Waals surface area contributed by atoms with Gasteiger partial charge >= 0.3 is 0 Å². The van der Waals surface area contributed by atoms with E-state index in [1.807, 2.05) is 32.0 Å². The van der Waals surface area contributed by atoms with Gasteiger partial charge in [-0.05, 0) is 49.2 Å². The molecule has 0 spiro atoms. The Morgan fingerprint density at radius 3 is 2.96 bits per heavy atom. The van der Waals surface area contributed by atoms with Gasteiger partial charge in [0, 0.05) is 10.6 Å². The zero-order valence-corrected chi connectivity index (χ0v) is 15.0. The summed E-state index contributed by atoms with van der Waals surface area (Å²) in [4.78, 5) is 16.8. The number of rotatable bonds is 5. The van der Waals surface area contributed by atoms with Crippen LogP contribution in [-0.4, -0.2) is 17.5 Å². The maximum Gasteiger partial charge on any atom is 0.257 e. The number of nitrogens with zero attached hydrogens (tertiary/aromatic N) is 1. The highest BCUT2D eigenvalue weighted by atomic mass is 35.5. The molecule has 0 unspecified atom stereocenters. The van der Waals surface area contributed by atoms with Gasteiger partial charge in [-0.15, -0.1) is 0 Å². The first kappa shape index (κ1) is 16.7. The van der Waals surface area contributed by atoms with Crippen molar-refractivity contribution in [1.29, 1.82) is 0 Å². The van der Waals surface area contributed by atoms with Gasteiger partial charge in [-0.3, -0.25) is 10.1 Å². The first-order valence-corrected chi connectivity index (χ1v) is 8.87. The zero-order chi connectivity index (χ0) is 17.1. The summed E-state index contributed by atoms with van der Waals surface area (Å²) in [6.45, 7) is 4.61. The summed E-state index contributed by atoms with van der Waals surface area (Å²) >= 11 is 7.55. The summed E-state index contributed by atoms with van der Waals surface area (Å²) in [7, 11) is 0. The first-order chi connectivity index (χ1) is 11.6. The highest BCUT2D eigenvalue weighted by molar-refractivity contribution is 7.22. The molecule has 0 aliphatic heterocycles. The predicted octanol–water partition coefficient (Wildman–Crippen LogP) is 5.30. The average molecular weight is 361 g/mol. The molecular weight excluding hydrogens is 344 g/mol. The Balaban J connectivity index is 1.79. The van der Waals surface area contributed by atoms with Gasteiger partial charge in [-0.2, -0.15) is 0 Å². The predicted molar refractivity (Wildman–Crippen MR) is 99.5 cm³/mol. The molecule has 0 aliphatic carbocycles. The molecule has 124 valence electrons. The molecule has 1 aromatic heterocycles. The number of halogens is 1. The lowest BCUT2D eigenvalue weighted by molar-refractivity contribution is 0.102. The minimum Gasteiger partial charge on any atom is -0.494 e. The molecule has 4 nitrogen and oxygen atoms in total. The van der Waals surface area contributed by atoms with Crippen LogP contribution >= 0.6 is 22.9 Å². The number of amides is 1. The smallest absolute Gasteiger partial charge is 0.257 e. The molecule has 1 N–H and O–H groups in total. The Morgan fingerprint density at radius 1 is 1.33 bits per heavy atom. The first-order valence-electron chi connectivity index (χ1n) is 7.67. The Bertz CT molecular complexity index is 853. The van der Waals surface area contributed by atoms with Gasteiger partial charge in [0.05, 0.1) is 16.8 Å². The molecule has 0 saturated carbocycles. The molecule has 0 radical (unpaired) electrons. The van der Waals surface area contributed by atoms with Crippen LogP contribution in [0.1, 0.15) is 29.3 Å². The van der Waals surface area contributed by atoms with Gasteiger partial charge in [0.1, 0.15) is 5.75 Å². The van der Waals surface area contributed by atoms with Gasteiger partial charge in [0.25, 0.3) is 5.91 Å². The Hall–Kier alpha value is -2.11. The maximum absolute atomic E-state index is 12.4. The van der Waals surface area contributed by atoms with Crippen LogP contribution in [-0.2, 0) is 0 Å². The summed E-state index contributed by atoms with van der Waals surface area (Å²) in [5, 5.41) is 4.06. The van der Waals surface area contributed by atoms with Crippen LogP contribution in [0, 0.1) is 6.92 Å². The summed E-state index contributed by atoms with van der Waals surface area (Å²) in [6.07, 6.45) is 0.921. The largest absolute Gasteiger partial charge is 0.494 e. The number of carbonyl (C=O) groups is 1. The second kappa shape index (κ2) is 7.20. The normalized spacial score (nSPS) is 10.8. The van der Waals surface area contributed by atoms with Crippen molar-refractivity contribution in [2.45, 2.75) is 20.3 Å². The third kappa shape index (κ3) is 3.68. The van der Waals surface area contributed by atoms with Gasteiger partial charge in [-0.1, -0.05) is 35.9 Å². The van der Waals surface area contributed by atoms with Crippen LogP contribution in [0.5, 0.6) is 5.75 Å². The van der Waals surface area contributed by atoms with E-state index in [1.54, 1.807) is 18.2 Å². The van der Waals surface area contributed by atoms with E-state index in [1.165, 1.54) is 11.3 Å². The highest BCUT2D eigenvalue weighted by Crippen LogP contribution is 2.30. The molecule has 0 fully saturated rings. The zero-order valence-electron chi connectivity index (χ0n) is 13.4. The van der Waals surface area contributed by atoms with Crippen molar-refractivity contribution < 1.29 is 9.53 Å². The Kier molecular flexibility index (Phi) is 5.02. The van der Waals surface area contributed by atoms with E-state index < -0.39 is 0 Å². The average Bonchev–Trinajstić information content (AvgIpc) is 2.94. The van der Waals surface area contributed by atoms with Gasteiger partial charge in [0.15, 0.2) is 5.13 Å². The Labute approximate surface area is 149 Å². The maximum atomic E-state index is 12.4. The number of anilines is 1. The van der Waals surface area contributed by atoms with E-state index in [0.717, 1.165) is 22.2 Å². The molecule has 3 aromatic rings. The minimum atomic E-state index is -0.209. The second-order valence-corrected chi connectivity index (χ2v) is 6.86. The van der Waals surface area contributed by atoms with Crippen LogP contribution in [0.15, 0.2) is 36.4 Å². The van der Waals surface area contributed by atoms with E-state index in [0.29, 0.717) is 28.1 Å². The number of aromatic nitrogens is 1. The number of thiazole rings is 1. The van der Waals surface area contributed by atoms with Crippen molar-refractivity contribution >= 4 is 44.2 Å². The second-order valence-electron chi connectivity index (χ2n) is 5.42. The van der Waals surface area contributed by atoms with Crippen LogP contribution in [0.2, 0.25) is 5.02 Å². The van der Waals surface area contributed by atoms with Gasteiger partial charge in [-0.25, -0.2) is 4.98 Å². The number of carbonyl (C=O) groups excluding carboxylic acids is 1. The monoisotopic (exact) mass is 360 g/mol. The van der Waals surface area contributed by atoms with E-state index in [4.69, 9.17) is 16.3 Å². The molecular formula is C18H17ClN2O2S. The molecule has 3 rings (SSSR count). The quantitative estimate of drug-likeness (QED) is 0.671. The van der Waals surface area contributed by atoms with E-state index in [-0.39, 0.29) is 5.91 Å². The van der Waals surface area contributed by atoms with Gasteiger partial charge < -0.3 is 4.74 Å². The molecule has 1 amide bonds. The fourth-order valence-electron chi connectivity index (χ4n) is 2.22. The number of ether oxygens (including phenoxy) is 1. The summed E-state index contributed by atoms with van der Waals surface area (Å²) in [5.41, 5.74) is 2.31. The molecule has 24 heavy (non-hydrogen) atoms. The molecule has 1 heterocycles. The number of nitrogens with one attached hydrogen (secondary N) is 1. The van der Waals surface area contributed by atoms with Crippen molar-refractivity contribution in [2.24, 2.45) is 0 Å². The fraction of sp³-hybridized carbons (Fsp3) is 0.222. The minimum absolute atomic E-state index is 0.209. The summed E-state index contributed by atoms with van der Waals surface area (Å²) < 4.78 is 6.56. The fourth-order valence-corrected chi connectivity index (χ4v) is 3.32. The number of aryl methyl sites for hydroxylation is 1. The van der Waals surface area contributed by atoms with Crippen molar-refractivity contribution in [3.8, 4) is 5.75 Å². The number of hydrogen-bond acceptors (Lipinski definition) is 4. The van der Waals surface area contributed by atoms with Crippen LogP contribution in [0.3, 0.4) is 0 Å². The highest BCUT2D eigenvalue weighted by Gasteiger charge is 2.12. The van der Waals surface area contributed by atoms with E-state index in [2.05, 4.69) is 10.3 Å². The van der Waals surface area contributed by atoms with Crippen molar-refractivity contribution in [1.82, 2.24) is 4.98 Å². The molecule has 0 bridgehead atoms. The van der Waals surface area contributed by atoms with Gasteiger partial charge in [0.2, 0.25) is 0 Å². The van der Waals surface area contributed by atoms with Crippen LogP contribution in [0.4, 0.5) is 5.13 Å². The summed E-state index contributed by atoms with van der Waals surface area (Å²) in [6, 6.07) is 10.9. The summed E-state index contributed by atoms with van der Waals surface area (Å²) in [5.74, 6) is 0.482. The Morgan fingerprint density at radius 2 is 2.17 bits per heavy atom. The van der Waals surface area contributed by atoms with Crippen LogP contribution < -0.4 is 10.1 Å². The number of hydrogen-bond donors (Lipinski definition) is 1. The molecule has 0 saturated heterocycles. The SMILES string of the molecule is CCCOc1cccc(C(=O)Nc2nc3cc(Cl)c(C)cc3s2)c1. The molecule has 6 heteroatoms. The molecule has 0 aliphatic rings. The van der Waals surface area contributed by atoms with E-state index in [9.17, 15) is 4.79 Å². The molecule has 0 atom stereocenters. The van der Waals surface area contributed by atoms with Crippen LogP contribution in [0.25, 0.3) is 10.2 Å². The van der Waals surface area contributed by atoms with Crippen molar-refractivity contribution in [3.63, 3.8) is 0 Å². The number of fused-ring (bicyclic) bond motifs is 1. The third-order valence-corrected chi connectivity index (χ3v) is 4.80. The molecule has 2 aromatic carbocycles. The lowest BCUT2D eigenvalue weighted by Gasteiger charge is -2.06. The standard InChI is InChI=1S/C18H17ClN2O2S/c1-3-7-23-13-6-4-5-12(9-13)17(22)21-18-20-15-10-14(19)11(2)8-16(15)24-18/h4-6,8-10H,3,7H2,1-2H3,(H,20,21,22). The van der Waals surface area contributed by atoms with Crippen molar-refractivity contribution in [3.05, 3.63) is 52.5 Å². The topological polar surface area (TPSA) is 51.2 Å².